The van der Waals surface area contributed by atoms with Crippen LogP contribution in [0.25, 0.3) is 0 Å². The van der Waals surface area contributed by atoms with Crippen molar-refractivity contribution < 1.29 is 13.9 Å². The Kier molecular flexibility index (Phi) is 4.68. The Morgan fingerprint density at radius 3 is 2.68 bits per heavy atom. The smallest absolute Gasteiger partial charge is 0.123 e. The van der Waals surface area contributed by atoms with Gasteiger partial charge in [-0.3, -0.25) is 4.98 Å². The van der Waals surface area contributed by atoms with Crippen LogP contribution < -0.4 is 4.90 Å². The highest BCUT2D eigenvalue weighted by molar-refractivity contribution is 5.47. The first-order valence-corrected chi connectivity index (χ1v) is 8.87. The molecule has 1 aromatic heterocycles. The average Bonchev–Trinajstić information content (AvgIpc) is 2.63. The molecule has 0 radical (unpaired) electrons. The lowest BCUT2D eigenvalue weighted by molar-refractivity contribution is -0.150. The van der Waals surface area contributed by atoms with Crippen LogP contribution in [0.2, 0.25) is 0 Å². The first-order chi connectivity index (χ1) is 12.2. The van der Waals surface area contributed by atoms with Gasteiger partial charge in [-0.15, -0.1) is 0 Å². The van der Waals surface area contributed by atoms with Crippen LogP contribution in [0, 0.1) is 5.82 Å². The molecule has 2 aliphatic rings. The van der Waals surface area contributed by atoms with Crippen molar-refractivity contribution in [3.63, 3.8) is 0 Å². The summed E-state index contributed by atoms with van der Waals surface area (Å²) in [4.78, 5) is 6.54. The molecular formula is C20H23FN2O2. The molecule has 0 saturated carbocycles. The second-order valence-electron chi connectivity index (χ2n) is 6.96. The molecule has 2 fully saturated rings. The number of ether oxygens (including phenoxy) is 2. The fraction of sp³-hybridized carbons (Fsp3) is 0.450. The van der Waals surface area contributed by atoms with Crippen molar-refractivity contribution in [2.45, 2.75) is 31.0 Å². The molecule has 132 valence electrons. The van der Waals surface area contributed by atoms with Gasteiger partial charge in [0.1, 0.15) is 5.82 Å². The second-order valence-corrected chi connectivity index (χ2v) is 6.96. The fourth-order valence-electron chi connectivity index (χ4n) is 3.84. The van der Waals surface area contributed by atoms with E-state index < -0.39 is 0 Å². The first-order valence-electron chi connectivity index (χ1n) is 8.87. The van der Waals surface area contributed by atoms with Gasteiger partial charge in [0.05, 0.1) is 11.7 Å². The standard InChI is InChI=1S/C20H23FN2O2/c21-17-3-5-18(6-4-17)23-14-19(12-16-2-1-9-22-13-16)25-20(15-23)7-10-24-11-8-20/h1-6,9,13,19H,7-8,10-12,14-15H2. The summed E-state index contributed by atoms with van der Waals surface area (Å²) in [5, 5.41) is 0. The predicted octanol–water partition coefficient (Wildman–Crippen LogP) is 3.22. The highest BCUT2D eigenvalue weighted by Crippen LogP contribution is 2.34. The van der Waals surface area contributed by atoms with Crippen molar-refractivity contribution in [3.05, 3.63) is 60.2 Å². The molecule has 1 spiro atoms. The van der Waals surface area contributed by atoms with Crippen LogP contribution in [0.5, 0.6) is 0 Å². The zero-order valence-corrected chi connectivity index (χ0v) is 14.2. The number of hydrogen-bond donors (Lipinski definition) is 0. The van der Waals surface area contributed by atoms with E-state index in [1.54, 1.807) is 6.20 Å². The Morgan fingerprint density at radius 1 is 1.16 bits per heavy atom. The van der Waals surface area contributed by atoms with Crippen LogP contribution in [0.1, 0.15) is 18.4 Å². The predicted molar refractivity (Wildman–Crippen MR) is 94.2 cm³/mol. The third-order valence-electron chi connectivity index (χ3n) is 5.10. The van der Waals surface area contributed by atoms with Crippen molar-refractivity contribution in [1.29, 1.82) is 0 Å². The van der Waals surface area contributed by atoms with Crippen LogP contribution in [0.15, 0.2) is 48.8 Å². The molecular weight excluding hydrogens is 319 g/mol. The Hall–Kier alpha value is -1.98. The average molecular weight is 342 g/mol. The van der Waals surface area contributed by atoms with E-state index in [1.807, 2.05) is 24.4 Å². The lowest BCUT2D eigenvalue weighted by Gasteiger charge is -2.49. The molecule has 0 N–H and O–H groups in total. The van der Waals surface area contributed by atoms with Gasteiger partial charge in [-0.1, -0.05) is 6.07 Å². The number of morpholine rings is 1. The quantitative estimate of drug-likeness (QED) is 0.858. The topological polar surface area (TPSA) is 34.6 Å². The Labute approximate surface area is 147 Å². The van der Waals surface area contributed by atoms with E-state index >= 15 is 0 Å². The zero-order valence-electron chi connectivity index (χ0n) is 14.2. The van der Waals surface area contributed by atoms with E-state index in [0.717, 1.165) is 51.3 Å². The van der Waals surface area contributed by atoms with E-state index in [1.165, 1.54) is 17.7 Å². The summed E-state index contributed by atoms with van der Waals surface area (Å²) in [6.45, 7) is 3.09. The minimum Gasteiger partial charge on any atom is -0.381 e. The summed E-state index contributed by atoms with van der Waals surface area (Å²) in [6.07, 6.45) is 6.39. The largest absolute Gasteiger partial charge is 0.381 e. The SMILES string of the molecule is Fc1ccc(N2CC(Cc3cccnc3)OC3(CCOCC3)C2)cc1. The molecule has 1 aromatic carbocycles. The zero-order chi connectivity index (χ0) is 17.1. The fourth-order valence-corrected chi connectivity index (χ4v) is 3.84. The first kappa shape index (κ1) is 16.5. The third kappa shape index (κ3) is 3.83. The van der Waals surface area contributed by atoms with Gasteiger partial charge in [-0.2, -0.15) is 0 Å². The van der Waals surface area contributed by atoms with E-state index in [2.05, 4.69) is 16.0 Å². The monoisotopic (exact) mass is 342 g/mol. The van der Waals surface area contributed by atoms with Crippen LogP contribution in [0.3, 0.4) is 0 Å². The molecule has 2 aromatic rings. The van der Waals surface area contributed by atoms with Gasteiger partial charge in [-0.05, 0) is 35.9 Å². The lowest BCUT2D eigenvalue weighted by Crippen LogP contribution is -2.58. The van der Waals surface area contributed by atoms with E-state index in [-0.39, 0.29) is 17.5 Å². The van der Waals surface area contributed by atoms with Crippen LogP contribution in [-0.4, -0.2) is 43.0 Å². The molecule has 4 nitrogen and oxygen atoms in total. The Bertz CT molecular complexity index is 687. The molecule has 3 heterocycles. The van der Waals surface area contributed by atoms with Crippen molar-refractivity contribution in [1.82, 2.24) is 4.98 Å². The molecule has 1 atom stereocenters. The molecule has 0 bridgehead atoms. The molecule has 0 amide bonds. The Morgan fingerprint density at radius 2 is 1.96 bits per heavy atom. The maximum absolute atomic E-state index is 13.3. The number of anilines is 1. The maximum atomic E-state index is 13.3. The normalized spacial score (nSPS) is 22.9. The summed E-state index contributed by atoms with van der Waals surface area (Å²) in [6, 6.07) is 10.8. The van der Waals surface area contributed by atoms with Gasteiger partial charge < -0.3 is 14.4 Å². The summed E-state index contributed by atoms with van der Waals surface area (Å²) >= 11 is 0. The highest BCUT2D eigenvalue weighted by atomic mass is 19.1. The van der Waals surface area contributed by atoms with E-state index in [9.17, 15) is 4.39 Å². The van der Waals surface area contributed by atoms with Gasteiger partial charge in [-0.25, -0.2) is 4.39 Å². The number of aromatic nitrogens is 1. The number of benzene rings is 1. The van der Waals surface area contributed by atoms with Crippen molar-refractivity contribution in [2.75, 3.05) is 31.2 Å². The number of hydrogen-bond acceptors (Lipinski definition) is 4. The van der Waals surface area contributed by atoms with Gasteiger partial charge in [0.15, 0.2) is 0 Å². The molecule has 2 saturated heterocycles. The summed E-state index contributed by atoms with van der Waals surface area (Å²) in [7, 11) is 0. The van der Waals surface area contributed by atoms with Crippen molar-refractivity contribution in [2.24, 2.45) is 0 Å². The molecule has 4 rings (SSSR count). The van der Waals surface area contributed by atoms with Crippen LogP contribution >= 0.6 is 0 Å². The van der Waals surface area contributed by atoms with Crippen molar-refractivity contribution >= 4 is 5.69 Å². The van der Waals surface area contributed by atoms with Gasteiger partial charge >= 0.3 is 0 Å². The Balaban J connectivity index is 1.57. The van der Waals surface area contributed by atoms with Crippen molar-refractivity contribution in [3.8, 4) is 0 Å². The lowest BCUT2D eigenvalue weighted by atomic mass is 9.90. The van der Waals surface area contributed by atoms with E-state index in [0.29, 0.717) is 0 Å². The summed E-state index contributed by atoms with van der Waals surface area (Å²) in [5.41, 5.74) is 2.04. The summed E-state index contributed by atoms with van der Waals surface area (Å²) in [5.74, 6) is -0.204. The van der Waals surface area contributed by atoms with Gasteiger partial charge in [0.2, 0.25) is 0 Å². The maximum Gasteiger partial charge on any atom is 0.123 e. The molecule has 5 heteroatoms. The number of halogens is 1. The number of nitrogens with zero attached hydrogens (tertiary/aromatic N) is 2. The minimum absolute atomic E-state index is 0.0844. The van der Waals surface area contributed by atoms with Crippen LogP contribution in [-0.2, 0) is 15.9 Å². The van der Waals surface area contributed by atoms with Gasteiger partial charge in [0.25, 0.3) is 0 Å². The molecule has 1 unspecified atom stereocenters. The number of rotatable bonds is 3. The van der Waals surface area contributed by atoms with Crippen LogP contribution in [0.4, 0.5) is 10.1 Å². The third-order valence-corrected chi connectivity index (χ3v) is 5.10. The van der Waals surface area contributed by atoms with Gasteiger partial charge in [0, 0.05) is 63.6 Å². The molecule has 2 aliphatic heterocycles. The molecule has 0 aliphatic carbocycles. The molecule has 25 heavy (non-hydrogen) atoms. The second kappa shape index (κ2) is 7.10. The number of pyridine rings is 1. The highest BCUT2D eigenvalue weighted by Gasteiger charge is 2.42. The van der Waals surface area contributed by atoms with E-state index in [4.69, 9.17) is 9.47 Å². The summed E-state index contributed by atoms with van der Waals surface area (Å²) < 4.78 is 25.4. The minimum atomic E-state index is -0.204.